The minimum absolute atomic E-state index is 0.0125. The van der Waals surface area contributed by atoms with Crippen LogP contribution in [-0.4, -0.2) is 247 Å². The number of hydrogen-bond donors (Lipinski definition) is 21. The lowest BCUT2D eigenvalue weighted by Crippen LogP contribution is -2.62. The first-order valence-electron chi connectivity index (χ1n) is 32.0. The van der Waals surface area contributed by atoms with Gasteiger partial charge in [0.2, 0.25) is 70.9 Å². The van der Waals surface area contributed by atoms with Crippen molar-refractivity contribution in [2.24, 2.45) is 45.9 Å². The molecular weight excluding hydrogens is 1290 g/mol. The second kappa shape index (κ2) is 41.0. The summed E-state index contributed by atoms with van der Waals surface area (Å²) in [5.74, 6) is -17.7. The number of nitrogens with two attached hydrogens (primary N) is 3. The van der Waals surface area contributed by atoms with Crippen molar-refractivity contribution in [3.05, 3.63) is 29.8 Å². The predicted molar refractivity (Wildman–Crippen MR) is 348 cm³/mol. The van der Waals surface area contributed by atoms with Crippen molar-refractivity contribution in [3.8, 4) is 5.75 Å². The number of benzene rings is 1. The highest BCUT2D eigenvalue weighted by molar-refractivity contribution is 6.00. The molecule has 1 aliphatic heterocycles. The van der Waals surface area contributed by atoms with E-state index >= 15 is 0 Å². The van der Waals surface area contributed by atoms with E-state index in [0.29, 0.717) is 5.56 Å². The van der Waals surface area contributed by atoms with Crippen LogP contribution in [0, 0.1) is 23.7 Å². The van der Waals surface area contributed by atoms with Crippen molar-refractivity contribution in [1.82, 2.24) is 63.4 Å². The van der Waals surface area contributed by atoms with Gasteiger partial charge in [-0.05, 0) is 87.3 Å². The average molecular weight is 1390 g/mol. The Labute approximate surface area is 566 Å². The predicted octanol–water partition coefficient (Wildman–Crippen LogP) is -7.41. The number of likely N-dealkylation sites (tertiary alicyclic amines) is 1. The second-order valence-electron chi connectivity index (χ2n) is 25.3. The molecule has 1 heterocycles. The lowest BCUT2D eigenvalue weighted by atomic mass is 9.99. The number of carboxylic acid groups (broad SMARTS) is 2. The number of aliphatic hydroxyl groups excluding tert-OH is 4. The number of aliphatic hydroxyl groups is 4. The van der Waals surface area contributed by atoms with E-state index in [0.717, 1.165) is 13.8 Å². The van der Waals surface area contributed by atoms with E-state index in [4.69, 9.17) is 17.2 Å². The molecule has 0 radical (unpaired) electrons. The Balaban J connectivity index is 2.40. The van der Waals surface area contributed by atoms with Crippen LogP contribution in [0.4, 0.5) is 0 Å². The number of aliphatic carboxylic acids is 2. The Morgan fingerprint density at radius 2 is 1.02 bits per heavy atom. The number of nitrogens with zero attached hydrogens (tertiary/aromatic N) is 2. The van der Waals surface area contributed by atoms with Crippen molar-refractivity contribution >= 4 is 88.8 Å². The number of rotatable bonds is 41. The fourth-order valence-electron chi connectivity index (χ4n) is 9.85. The number of carbonyl (C=O) groups excluding carboxylic acids is 12. The van der Waals surface area contributed by atoms with Crippen LogP contribution in [0.2, 0.25) is 0 Å². The van der Waals surface area contributed by atoms with E-state index in [2.05, 4.69) is 58.2 Å². The highest BCUT2D eigenvalue weighted by Gasteiger charge is 2.42. The van der Waals surface area contributed by atoms with Gasteiger partial charge in [0.15, 0.2) is 12.0 Å². The topological polar surface area (TPSA) is 607 Å². The maximum absolute atomic E-state index is 14.7. The van der Waals surface area contributed by atoms with Gasteiger partial charge in [-0.15, -0.1) is 0 Å². The molecule has 14 atom stereocenters. The summed E-state index contributed by atoms with van der Waals surface area (Å²) in [6.07, 6.45) is -4.43. The van der Waals surface area contributed by atoms with Crippen LogP contribution in [-0.2, 0) is 73.5 Å². The molecule has 2 rings (SSSR count). The van der Waals surface area contributed by atoms with Gasteiger partial charge < -0.3 is 116 Å². The third-order valence-corrected chi connectivity index (χ3v) is 15.5. The first-order chi connectivity index (χ1) is 45.7. The smallest absolute Gasteiger partial charge is 0.328 e. The molecule has 24 N–H and O–H groups in total. The minimum atomic E-state index is -1.95. The highest BCUT2D eigenvalue weighted by atomic mass is 16.4. The van der Waals surface area contributed by atoms with Gasteiger partial charge >= 0.3 is 11.9 Å². The molecule has 0 unspecified atom stereocenters. The number of phenolic OH excluding ortho intramolecular Hbond substituents is 1. The summed E-state index contributed by atoms with van der Waals surface area (Å²) >= 11 is 0. The molecule has 0 aromatic heterocycles. The molecule has 12 amide bonds. The maximum Gasteiger partial charge on any atom is 0.328 e. The summed E-state index contributed by atoms with van der Waals surface area (Å²) in [4.78, 5) is 193. The van der Waals surface area contributed by atoms with E-state index in [1.54, 1.807) is 55.4 Å². The standard InChI is InChI=1S/C61H100N16O21/c1-27(2)21-36(49(86)68-35(13-11-19-65-61(63)64)59(96)77-20-12-14-41(77)54(91)73-45(29(5)6)58(95)72-40(26-79)53(90)76-48(32(10)81)60(97)98)69-50(87)37(22-33-15-17-34(82)18-16-33)67-42(83)24-66-56(93)47(31(9)80)75-52(89)39(25-78)71-51(88)38(23-43(84)85)70-57(94)46(30(7)8)74-55(92)44(62)28(3)4/h15-18,27-32,35-41,44-48,78-82H,11-14,19-26,62H2,1-10H3,(H,66,93)(H,67,83)(H,68,86)(H,69,87)(H,70,94)(H,71,88)(H,72,95)(H,73,91)(H,74,92)(H,75,89)(H,76,90)(H,84,85)(H,97,98)(H4,63,64,65)/t31-,32-,35+,36+,37+,38+,39+,40+,41+,44+,45+,46+,47+,48+/m1/s1. The van der Waals surface area contributed by atoms with Gasteiger partial charge in [0.1, 0.15) is 66.2 Å². The first kappa shape index (κ1) is 84.8. The summed E-state index contributed by atoms with van der Waals surface area (Å²) in [6.45, 7) is 12.0. The van der Waals surface area contributed by atoms with E-state index in [1.807, 2.05) is 5.32 Å². The van der Waals surface area contributed by atoms with E-state index in [1.165, 1.54) is 29.2 Å². The molecule has 0 spiro atoms. The molecule has 37 nitrogen and oxygen atoms in total. The van der Waals surface area contributed by atoms with Crippen LogP contribution in [0.15, 0.2) is 29.3 Å². The lowest BCUT2D eigenvalue weighted by molar-refractivity contribution is -0.145. The van der Waals surface area contributed by atoms with Crippen LogP contribution < -0.4 is 75.7 Å². The van der Waals surface area contributed by atoms with Gasteiger partial charge in [-0.2, -0.15) is 0 Å². The summed E-state index contributed by atoms with van der Waals surface area (Å²) in [5.41, 5.74) is 17.4. The van der Waals surface area contributed by atoms with Gasteiger partial charge in [-0.3, -0.25) is 67.3 Å². The molecule has 550 valence electrons. The zero-order chi connectivity index (χ0) is 74.6. The number of phenols is 1. The molecule has 0 aliphatic carbocycles. The quantitative estimate of drug-likeness (QED) is 0.0165. The lowest BCUT2D eigenvalue weighted by Gasteiger charge is -2.32. The number of aromatic hydroxyl groups is 1. The van der Waals surface area contributed by atoms with E-state index in [9.17, 15) is 103 Å². The number of aliphatic imine (C=N–C) groups is 1. The van der Waals surface area contributed by atoms with Crippen molar-refractivity contribution in [1.29, 1.82) is 0 Å². The summed E-state index contributed by atoms with van der Waals surface area (Å²) < 4.78 is 0. The molecule has 98 heavy (non-hydrogen) atoms. The number of hydrogen-bond acceptors (Lipinski definition) is 21. The average Bonchev–Trinajstić information content (AvgIpc) is 1.59. The molecule has 37 heteroatoms. The van der Waals surface area contributed by atoms with Crippen LogP contribution >= 0.6 is 0 Å². The zero-order valence-electron chi connectivity index (χ0n) is 56.7. The van der Waals surface area contributed by atoms with Crippen LogP contribution in [0.5, 0.6) is 5.75 Å². The highest BCUT2D eigenvalue weighted by Crippen LogP contribution is 2.22. The van der Waals surface area contributed by atoms with Crippen molar-refractivity contribution in [2.75, 3.05) is 32.8 Å². The zero-order valence-corrected chi connectivity index (χ0v) is 56.7. The Bertz CT molecular complexity index is 2960. The molecule has 1 aliphatic rings. The van der Waals surface area contributed by atoms with Crippen LogP contribution in [0.3, 0.4) is 0 Å². The SMILES string of the molecule is CC(C)C[C@H](NC(=O)[C@H](Cc1ccc(O)cc1)NC(=O)CNC(=O)[C@@H](NC(=O)[C@H](CO)NC(=O)[C@H](CC(=O)O)NC(=O)[C@@H](NC(=O)[C@@H](N)C(C)C)C(C)C)[C@@H](C)O)C(=O)N[C@@H](CCCN=C(N)N)C(=O)N1CCC[C@H]1C(=O)N[C@H](C(=O)N[C@@H](CO)C(=O)N[C@H](C(=O)O)[C@@H](C)O)C(C)C. The Hall–Kier alpha value is -9.33. The molecule has 1 saturated heterocycles. The number of carboxylic acids is 2. The summed E-state index contributed by atoms with van der Waals surface area (Å²) in [5, 5.41) is 95.5. The molecule has 1 aromatic rings. The second-order valence-corrected chi connectivity index (χ2v) is 25.3. The van der Waals surface area contributed by atoms with Gasteiger partial charge in [0.05, 0.1) is 44.4 Å². The Morgan fingerprint density at radius 1 is 0.551 bits per heavy atom. The van der Waals surface area contributed by atoms with Crippen molar-refractivity contribution < 1.29 is 103 Å². The Kier molecular flexibility index (Phi) is 35.5. The van der Waals surface area contributed by atoms with E-state index in [-0.39, 0.29) is 75.2 Å². The fourth-order valence-corrected chi connectivity index (χ4v) is 9.85. The number of guanidine groups is 1. The largest absolute Gasteiger partial charge is 0.508 e. The normalized spacial score (nSPS) is 16.8. The number of amides is 12. The first-order valence-corrected chi connectivity index (χ1v) is 32.0. The Morgan fingerprint density at radius 3 is 1.51 bits per heavy atom. The number of carbonyl (C=O) groups is 14. The van der Waals surface area contributed by atoms with Gasteiger partial charge in [0.25, 0.3) is 0 Å². The minimum Gasteiger partial charge on any atom is -0.508 e. The van der Waals surface area contributed by atoms with Gasteiger partial charge in [-0.25, -0.2) is 4.79 Å². The molecule has 0 bridgehead atoms. The third kappa shape index (κ3) is 28.0. The molecule has 1 aromatic carbocycles. The van der Waals surface area contributed by atoms with Crippen LogP contribution in [0.1, 0.15) is 113 Å². The molecular formula is C61H100N16O21. The van der Waals surface area contributed by atoms with Gasteiger partial charge in [0, 0.05) is 19.5 Å². The number of nitrogens with one attached hydrogen (secondary N) is 11. The molecule has 0 saturated carbocycles. The van der Waals surface area contributed by atoms with E-state index < -0.39 is 206 Å². The fraction of sp³-hybridized carbons (Fsp3) is 0.656. The van der Waals surface area contributed by atoms with Crippen molar-refractivity contribution in [3.63, 3.8) is 0 Å². The summed E-state index contributed by atoms with van der Waals surface area (Å²) in [6, 6.07) is -13.3. The monoisotopic (exact) mass is 1390 g/mol. The molecule has 1 fully saturated rings. The van der Waals surface area contributed by atoms with Crippen molar-refractivity contribution in [2.45, 2.75) is 199 Å². The maximum atomic E-state index is 14.7. The summed E-state index contributed by atoms with van der Waals surface area (Å²) in [7, 11) is 0. The third-order valence-electron chi connectivity index (χ3n) is 15.5. The van der Waals surface area contributed by atoms with Gasteiger partial charge in [-0.1, -0.05) is 67.5 Å². The van der Waals surface area contributed by atoms with Crippen LogP contribution in [0.25, 0.3) is 0 Å².